The zero-order valence-electron chi connectivity index (χ0n) is 24.7. The molecular weight excluding hydrogens is 580 g/mol. The van der Waals surface area contributed by atoms with Gasteiger partial charge in [0.15, 0.2) is 22.8 Å². The molecule has 0 aromatic heterocycles. The average Bonchev–Trinajstić information content (AvgIpc) is 3.43. The van der Waals surface area contributed by atoms with E-state index in [4.69, 9.17) is 9.02 Å². The first-order chi connectivity index (χ1) is 20.2. The van der Waals surface area contributed by atoms with Crippen LogP contribution in [0.15, 0.2) is 54.1 Å². The van der Waals surface area contributed by atoms with E-state index in [0.717, 1.165) is 30.7 Å². The lowest BCUT2D eigenvalue weighted by atomic mass is 9.44. The summed E-state index contributed by atoms with van der Waals surface area (Å²) >= 11 is 0. The highest BCUT2D eigenvalue weighted by Gasteiger charge is 2.79. The lowest BCUT2D eigenvalue weighted by Crippen LogP contribution is -2.70. The maximum atomic E-state index is 17.6. The van der Waals surface area contributed by atoms with E-state index in [1.807, 2.05) is 30.3 Å². The van der Waals surface area contributed by atoms with E-state index in [-0.39, 0.29) is 18.4 Å². The predicted octanol–water partition coefficient (Wildman–Crippen LogP) is 3.70. The summed E-state index contributed by atoms with van der Waals surface area (Å²) in [7, 11) is -3.95. The third-order valence-corrected chi connectivity index (χ3v) is 11.8. The minimum Gasteiger partial charge on any atom is -0.390 e. The first kappa shape index (κ1) is 30.7. The highest BCUT2D eigenvalue weighted by molar-refractivity contribution is 7.86. The summed E-state index contributed by atoms with van der Waals surface area (Å²) in [5.74, 6) is -2.98. The number of fused-ring (bicyclic) bond motifs is 7. The van der Waals surface area contributed by atoms with E-state index in [9.17, 15) is 23.1 Å². The van der Waals surface area contributed by atoms with Gasteiger partial charge in [-0.3, -0.25) is 18.6 Å². The highest BCUT2D eigenvalue weighted by Crippen LogP contribution is 2.72. The predicted molar refractivity (Wildman–Crippen MR) is 153 cm³/mol. The van der Waals surface area contributed by atoms with E-state index in [1.165, 1.54) is 19.1 Å². The first-order valence-corrected chi connectivity index (χ1v) is 16.8. The maximum absolute atomic E-state index is 17.6. The smallest absolute Gasteiger partial charge is 0.264 e. The topological polar surface area (TPSA) is 110 Å². The zero-order valence-corrected chi connectivity index (χ0v) is 25.5. The molecule has 11 heteroatoms. The first-order valence-electron chi connectivity index (χ1n) is 15.0. The number of hydrogen-bond acceptors (Lipinski definition) is 8. The molecule has 6 rings (SSSR count). The Hall–Kier alpha value is -2.31. The van der Waals surface area contributed by atoms with Crippen LogP contribution < -0.4 is 0 Å². The molecule has 8 nitrogen and oxygen atoms in total. The summed E-state index contributed by atoms with van der Waals surface area (Å²) in [6, 6.07) is 9.95. The van der Waals surface area contributed by atoms with Gasteiger partial charge in [-0.05, 0) is 68.2 Å². The average molecular weight is 620 g/mol. The molecular formula is C32H39F2NO7S. The van der Waals surface area contributed by atoms with Gasteiger partial charge >= 0.3 is 0 Å². The van der Waals surface area contributed by atoms with E-state index in [1.54, 1.807) is 12.0 Å². The number of Topliss-reactive ketones (excluding diaryl/α,β-unsaturated/α-hetero) is 1. The maximum Gasteiger partial charge on any atom is 0.264 e. The number of hydrogen-bond donors (Lipinski definition) is 1. The molecule has 0 spiro atoms. The fourth-order valence-corrected chi connectivity index (χ4v) is 9.65. The quantitative estimate of drug-likeness (QED) is 0.439. The van der Waals surface area contributed by atoms with Crippen molar-refractivity contribution in [2.75, 3.05) is 26.0 Å². The number of aryl methyl sites for hydroxylation is 1. The van der Waals surface area contributed by atoms with Crippen LogP contribution in [0.4, 0.5) is 8.78 Å². The van der Waals surface area contributed by atoms with Crippen molar-refractivity contribution in [2.45, 2.75) is 69.5 Å². The van der Waals surface area contributed by atoms with E-state index < -0.39 is 80.4 Å². The second-order valence-electron chi connectivity index (χ2n) is 13.5. The Morgan fingerprint density at radius 2 is 1.91 bits per heavy atom. The van der Waals surface area contributed by atoms with Crippen LogP contribution >= 0.6 is 0 Å². The number of ketones is 2. The van der Waals surface area contributed by atoms with Gasteiger partial charge in [0.2, 0.25) is 0 Å². The summed E-state index contributed by atoms with van der Waals surface area (Å²) in [5.41, 5.74) is -5.36. The Balaban J connectivity index is 1.34. The standard InChI is InChI=1S/C32H39F2NO7S/c1-29-12-11-22(36)15-25(29)26(33)16-24-23-14-21-18-35(13-7-10-20-8-5-4-6-9-20)42-32(21,28(38)19-41-43(3,39)40)30(23,2)17-27(37)31(24,29)34/h4-6,8-9,11-12,15,21,23-24,26-27,37H,7,10,13-14,16-19H2,1-3H3/t21-,23?,24-,26-,27-,29-,30-,31-,32-/m0/s1. The number of aliphatic hydroxyl groups is 1. The fraction of sp³-hybridized carbons (Fsp3) is 0.625. The lowest BCUT2D eigenvalue weighted by molar-refractivity contribution is -0.267. The van der Waals surface area contributed by atoms with Crippen LogP contribution in [0.1, 0.15) is 45.1 Å². The number of rotatable bonds is 8. The molecule has 1 aromatic carbocycles. The van der Waals surface area contributed by atoms with Crippen molar-refractivity contribution < 1.29 is 40.9 Å². The van der Waals surface area contributed by atoms with Gasteiger partial charge in [0, 0.05) is 35.8 Å². The normalized spacial score (nSPS) is 42.1. The minimum atomic E-state index is -3.95. The SMILES string of the molecule is C[C@]12C=CC(=O)C=C1[C@@H](F)C[C@H]1C3C[C@H]4CN(CCCc5ccccc5)O[C@@]4(C(=O)COS(C)(=O)=O)[C@@]3(C)C[C@H](O)[C@@]12F. The van der Waals surface area contributed by atoms with E-state index in [2.05, 4.69) is 0 Å². The lowest BCUT2D eigenvalue weighted by Gasteiger charge is -2.63. The summed E-state index contributed by atoms with van der Waals surface area (Å²) in [5, 5.41) is 13.4. The molecule has 0 amide bonds. The molecule has 1 unspecified atom stereocenters. The largest absolute Gasteiger partial charge is 0.390 e. The van der Waals surface area contributed by atoms with Crippen LogP contribution in [-0.2, 0) is 35.1 Å². The zero-order chi connectivity index (χ0) is 31.0. The van der Waals surface area contributed by atoms with Gasteiger partial charge in [-0.1, -0.05) is 43.3 Å². The Bertz CT molecular complexity index is 1480. The molecule has 0 bridgehead atoms. The Labute approximate surface area is 251 Å². The van der Waals surface area contributed by atoms with Crippen molar-refractivity contribution in [1.29, 1.82) is 0 Å². The van der Waals surface area contributed by atoms with E-state index in [0.29, 0.717) is 19.5 Å². The van der Waals surface area contributed by atoms with Crippen LogP contribution in [-0.4, -0.2) is 79.7 Å². The number of alkyl halides is 2. The molecule has 43 heavy (non-hydrogen) atoms. The monoisotopic (exact) mass is 619 g/mol. The van der Waals surface area contributed by atoms with Crippen molar-refractivity contribution in [1.82, 2.24) is 5.06 Å². The molecule has 4 aliphatic carbocycles. The fourth-order valence-electron chi connectivity index (χ4n) is 9.33. The van der Waals surface area contributed by atoms with Gasteiger partial charge in [0.05, 0.1) is 12.4 Å². The number of allylic oxidation sites excluding steroid dienone is 4. The van der Waals surface area contributed by atoms with Gasteiger partial charge in [-0.25, -0.2) is 8.78 Å². The minimum absolute atomic E-state index is 0.0350. The van der Waals surface area contributed by atoms with Crippen LogP contribution in [0, 0.1) is 28.6 Å². The number of nitrogens with zero attached hydrogens (tertiary/aromatic N) is 1. The van der Waals surface area contributed by atoms with Gasteiger partial charge in [-0.2, -0.15) is 13.5 Å². The molecule has 0 radical (unpaired) electrons. The van der Waals surface area contributed by atoms with Crippen molar-refractivity contribution in [3.8, 4) is 0 Å². The number of hydroxylamine groups is 2. The summed E-state index contributed by atoms with van der Waals surface area (Å²) < 4.78 is 62.1. The van der Waals surface area contributed by atoms with Crippen molar-refractivity contribution >= 4 is 21.7 Å². The van der Waals surface area contributed by atoms with Crippen molar-refractivity contribution in [3.63, 3.8) is 0 Å². The Morgan fingerprint density at radius 1 is 1.19 bits per heavy atom. The number of carbonyl (C=O) groups is 2. The highest BCUT2D eigenvalue weighted by atomic mass is 32.2. The number of halogens is 2. The third kappa shape index (κ3) is 4.52. The summed E-state index contributed by atoms with van der Waals surface area (Å²) in [6.45, 7) is 3.42. The van der Waals surface area contributed by atoms with Gasteiger partial charge in [0.25, 0.3) is 10.1 Å². The number of aliphatic hydroxyl groups excluding tert-OH is 1. The Kier molecular flexibility index (Phi) is 7.41. The summed E-state index contributed by atoms with van der Waals surface area (Å²) in [4.78, 5) is 32.8. The van der Waals surface area contributed by atoms with E-state index >= 15 is 8.78 Å². The summed E-state index contributed by atoms with van der Waals surface area (Å²) in [6.07, 6.45) is 2.88. The molecule has 1 aromatic rings. The molecule has 3 saturated carbocycles. The molecule has 4 fully saturated rings. The van der Waals surface area contributed by atoms with Crippen LogP contribution in [0.5, 0.6) is 0 Å². The van der Waals surface area contributed by atoms with Crippen molar-refractivity contribution in [2.24, 2.45) is 28.6 Å². The van der Waals surface area contributed by atoms with Crippen LogP contribution in [0.2, 0.25) is 0 Å². The molecule has 1 N–H and O–H groups in total. The second-order valence-corrected chi connectivity index (χ2v) is 15.1. The van der Waals surface area contributed by atoms with Gasteiger partial charge in [-0.15, -0.1) is 0 Å². The van der Waals surface area contributed by atoms with Crippen LogP contribution in [0.25, 0.3) is 0 Å². The Morgan fingerprint density at radius 3 is 2.60 bits per heavy atom. The van der Waals surface area contributed by atoms with Gasteiger partial charge in [0.1, 0.15) is 12.8 Å². The molecule has 1 aliphatic heterocycles. The molecule has 234 valence electrons. The number of benzene rings is 1. The number of carbonyl (C=O) groups excluding carboxylic acids is 2. The molecule has 5 aliphatic rings. The molecule has 1 saturated heterocycles. The second kappa shape index (κ2) is 10.4. The van der Waals surface area contributed by atoms with Crippen LogP contribution in [0.3, 0.4) is 0 Å². The third-order valence-electron chi connectivity index (χ3n) is 11.2. The molecule has 9 atom stereocenters. The molecule has 1 heterocycles. The van der Waals surface area contributed by atoms with Gasteiger partial charge < -0.3 is 5.11 Å². The van der Waals surface area contributed by atoms with Crippen molar-refractivity contribution in [3.05, 3.63) is 59.7 Å².